The van der Waals surface area contributed by atoms with Crippen LogP contribution in [0.1, 0.15) is 30.9 Å². The van der Waals surface area contributed by atoms with Gasteiger partial charge in [-0.15, -0.1) is 11.8 Å². The van der Waals surface area contributed by atoms with Crippen LogP contribution in [0.2, 0.25) is 0 Å². The molecule has 2 saturated heterocycles. The van der Waals surface area contributed by atoms with Crippen molar-refractivity contribution in [3.63, 3.8) is 0 Å². The van der Waals surface area contributed by atoms with Crippen LogP contribution in [0.15, 0.2) is 12.1 Å². The van der Waals surface area contributed by atoms with E-state index in [0.717, 1.165) is 22.2 Å². The van der Waals surface area contributed by atoms with Crippen molar-refractivity contribution < 1.29 is 9.59 Å². The number of benzene rings is 1. The predicted molar refractivity (Wildman–Crippen MR) is 98.5 cm³/mol. The Kier molecular flexibility index (Phi) is 3.61. The minimum atomic E-state index is -0.398. The van der Waals surface area contributed by atoms with Crippen LogP contribution >= 0.6 is 23.1 Å². The highest BCUT2D eigenvalue weighted by Gasteiger charge is 2.52. The standard InChI is InChI=1S/C17H19N3O2S2/c1-9-6-10(2)14-12(7-9)24-16(18-14)19-15(22)11-8-23-17(3)5-4-13(21)20(11)17/h6-7,11H,4-5,8H2,1-3H3,(H,18,19,22)/t11-,17+/m0/s1. The lowest BCUT2D eigenvalue weighted by molar-refractivity contribution is -0.135. The molecule has 0 unspecified atom stereocenters. The molecule has 2 amide bonds. The second-order valence-corrected chi connectivity index (χ2v) is 9.23. The van der Waals surface area contributed by atoms with Crippen LogP contribution in [0.4, 0.5) is 5.13 Å². The molecule has 4 rings (SSSR count). The number of rotatable bonds is 2. The van der Waals surface area contributed by atoms with Crippen molar-refractivity contribution in [3.8, 4) is 0 Å². The topological polar surface area (TPSA) is 62.3 Å². The Hall–Kier alpha value is -1.60. The third-order valence-electron chi connectivity index (χ3n) is 4.81. The second-order valence-electron chi connectivity index (χ2n) is 6.70. The summed E-state index contributed by atoms with van der Waals surface area (Å²) in [5.74, 6) is 0.602. The lowest BCUT2D eigenvalue weighted by Crippen LogP contribution is -2.48. The van der Waals surface area contributed by atoms with E-state index in [2.05, 4.69) is 36.3 Å². The molecule has 0 spiro atoms. The Labute approximate surface area is 148 Å². The van der Waals surface area contributed by atoms with Crippen molar-refractivity contribution in [2.24, 2.45) is 0 Å². The Morgan fingerprint density at radius 1 is 1.42 bits per heavy atom. The number of nitrogens with one attached hydrogen (secondary N) is 1. The number of hydrogen-bond acceptors (Lipinski definition) is 5. The zero-order valence-corrected chi connectivity index (χ0v) is 15.5. The Bertz CT molecular complexity index is 863. The summed E-state index contributed by atoms with van der Waals surface area (Å²) in [5.41, 5.74) is 3.23. The Morgan fingerprint density at radius 2 is 2.21 bits per heavy atom. The first kappa shape index (κ1) is 15.9. The fourth-order valence-corrected chi connectivity index (χ4v) is 6.10. The van der Waals surface area contributed by atoms with Crippen molar-refractivity contribution in [1.29, 1.82) is 0 Å². The number of anilines is 1. The van der Waals surface area contributed by atoms with Gasteiger partial charge in [-0.05, 0) is 44.4 Å². The van der Waals surface area contributed by atoms with Crippen molar-refractivity contribution in [2.45, 2.75) is 44.5 Å². The molecule has 2 aromatic rings. The number of nitrogens with zero attached hydrogens (tertiary/aromatic N) is 2. The first-order chi connectivity index (χ1) is 11.4. The first-order valence-electron chi connectivity index (χ1n) is 8.02. The number of carbonyl (C=O) groups excluding carboxylic acids is 2. The molecular formula is C17H19N3O2S2. The van der Waals surface area contributed by atoms with Gasteiger partial charge >= 0.3 is 0 Å². The summed E-state index contributed by atoms with van der Waals surface area (Å²) in [4.78, 5) is 31.0. The van der Waals surface area contributed by atoms with Gasteiger partial charge in [-0.3, -0.25) is 9.59 Å². The van der Waals surface area contributed by atoms with Crippen LogP contribution in [0.25, 0.3) is 10.2 Å². The molecule has 7 heteroatoms. The van der Waals surface area contributed by atoms with E-state index >= 15 is 0 Å². The summed E-state index contributed by atoms with van der Waals surface area (Å²) < 4.78 is 1.07. The van der Waals surface area contributed by atoms with Crippen LogP contribution in [0.3, 0.4) is 0 Å². The SMILES string of the molecule is Cc1cc(C)c2nc(NC(=O)[C@@H]3CS[C@]4(C)CCC(=O)N34)sc2c1. The van der Waals surface area contributed by atoms with Crippen LogP contribution in [-0.4, -0.2) is 38.4 Å². The summed E-state index contributed by atoms with van der Waals surface area (Å²) in [6, 6.07) is 3.78. The average molecular weight is 361 g/mol. The van der Waals surface area contributed by atoms with E-state index in [9.17, 15) is 9.59 Å². The predicted octanol–water partition coefficient (Wildman–Crippen LogP) is 3.31. The molecule has 24 heavy (non-hydrogen) atoms. The number of thiazole rings is 1. The molecule has 0 aliphatic carbocycles. The van der Waals surface area contributed by atoms with Crippen LogP contribution in [0, 0.1) is 13.8 Å². The molecule has 2 aliphatic heterocycles. The monoisotopic (exact) mass is 361 g/mol. The van der Waals surface area contributed by atoms with Crippen molar-refractivity contribution in [3.05, 3.63) is 23.3 Å². The summed E-state index contributed by atoms with van der Waals surface area (Å²) in [7, 11) is 0. The molecule has 1 aromatic carbocycles. The lowest BCUT2D eigenvalue weighted by atomic mass is 10.1. The highest BCUT2D eigenvalue weighted by molar-refractivity contribution is 8.01. The summed E-state index contributed by atoms with van der Waals surface area (Å²) >= 11 is 3.19. The number of aryl methyl sites for hydroxylation is 2. The minimum Gasteiger partial charge on any atom is -0.315 e. The van der Waals surface area contributed by atoms with E-state index in [1.54, 1.807) is 16.7 Å². The number of aromatic nitrogens is 1. The van der Waals surface area contributed by atoms with Gasteiger partial charge in [0.05, 0.1) is 15.1 Å². The van der Waals surface area contributed by atoms with Crippen molar-refractivity contribution >= 4 is 50.3 Å². The maximum absolute atomic E-state index is 12.7. The van der Waals surface area contributed by atoms with Gasteiger partial charge in [-0.2, -0.15) is 0 Å². The van der Waals surface area contributed by atoms with Crippen molar-refractivity contribution in [2.75, 3.05) is 11.1 Å². The normalized spacial score (nSPS) is 26.2. The van der Waals surface area contributed by atoms with Gasteiger partial charge < -0.3 is 10.2 Å². The molecule has 5 nitrogen and oxygen atoms in total. The fraction of sp³-hybridized carbons (Fsp3) is 0.471. The average Bonchev–Trinajstić information content (AvgIpc) is 3.13. The molecule has 0 radical (unpaired) electrons. The van der Waals surface area contributed by atoms with Crippen molar-refractivity contribution in [1.82, 2.24) is 9.88 Å². The molecule has 0 bridgehead atoms. The number of hydrogen-bond donors (Lipinski definition) is 1. The summed E-state index contributed by atoms with van der Waals surface area (Å²) in [6.07, 6.45) is 1.35. The van der Waals surface area contributed by atoms with Crippen LogP contribution < -0.4 is 5.32 Å². The maximum atomic E-state index is 12.7. The van der Waals surface area contributed by atoms with Gasteiger partial charge in [0, 0.05) is 12.2 Å². The summed E-state index contributed by atoms with van der Waals surface area (Å²) in [5, 5.41) is 3.54. The second kappa shape index (κ2) is 5.46. The molecule has 1 aromatic heterocycles. The first-order valence-corrected chi connectivity index (χ1v) is 9.82. The lowest BCUT2D eigenvalue weighted by Gasteiger charge is -2.29. The van der Waals surface area contributed by atoms with E-state index in [4.69, 9.17) is 0 Å². The van der Waals surface area contributed by atoms with Gasteiger partial charge in [0.15, 0.2) is 5.13 Å². The third kappa shape index (κ3) is 2.41. The quantitative estimate of drug-likeness (QED) is 0.891. The largest absolute Gasteiger partial charge is 0.315 e. The third-order valence-corrected chi connectivity index (χ3v) is 7.23. The zero-order valence-electron chi connectivity index (χ0n) is 13.9. The van der Waals surface area contributed by atoms with E-state index in [1.807, 2.05) is 6.92 Å². The molecule has 2 atom stereocenters. The smallest absolute Gasteiger partial charge is 0.249 e. The highest BCUT2D eigenvalue weighted by atomic mass is 32.2. The Morgan fingerprint density at radius 3 is 3.00 bits per heavy atom. The van der Waals surface area contributed by atoms with Gasteiger partial charge in [0.25, 0.3) is 0 Å². The highest BCUT2D eigenvalue weighted by Crippen LogP contribution is 2.47. The molecule has 3 heterocycles. The molecule has 2 aliphatic rings. The molecular weight excluding hydrogens is 342 g/mol. The maximum Gasteiger partial charge on any atom is 0.249 e. The van der Waals surface area contributed by atoms with E-state index in [1.165, 1.54) is 16.9 Å². The van der Waals surface area contributed by atoms with Gasteiger partial charge in [-0.25, -0.2) is 4.98 Å². The number of carbonyl (C=O) groups is 2. The van der Waals surface area contributed by atoms with Crippen LogP contribution in [0.5, 0.6) is 0 Å². The molecule has 0 saturated carbocycles. The number of fused-ring (bicyclic) bond motifs is 2. The molecule has 1 N–H and O–H groups in total. The number of thioether (sulfide) groups is 1. The minimum absolute atomic E-state index is 0.0819. The van der Waals surface area contributed by atoms with E-state index < -0.39 is 6.04 Å². The number of amides is 2. The van der Waals surface area contributed by atoms with Gasteiger partial charge in [0.2, 0.25) is 11.8 Å². The zero-order chi connectivity index (χ0) is 17.1. The van der Waals surface area contributed by atoms with E-state index in [-0.39, 0.29) is 16.7 Å². The molecule has 126 valence electrons. The van der Waals surface area contributed by atoms with E-state index in [0.29, 0.717) is 17.3 Å². The Balaban J connectivity index is 1.59. The van der Waals surface area contributed by atoms with Crippen LogP contribution in [-0.2, 0) is 9.59 Å². The van der Waals surface area contributed by atoms with Gasteiger partial charge in [0.1, 0.15) is 6.04 Å². The molecule has 2 fully saturated rings. The fourth-order valence-electron chi connectivity index (χ4n) is 3.63. The van der Waals surface area contributed by atoms with Gasteiger partial charge in [-0.1, -0.05) is 17.4 Å². The summed E-state index contributed by atoms with van der Waals surface area (Å²) in [6.45, 7) is 6.14.